The molecule has 0 fully saturated rings. The fraction of sp³-hybridized carbons (Fsp3) is 0.733. The highest BCUT2D eigenvalue weighted by Gasteiger charge is 2.25. The van der Waals surface area contributed by atoms with E-state index < -0.39 is 6.10 Å². The van der Waals surface area contributed by atoms with Crippen LogP contribution in [-0.2, 0) is 17.8 Å². The molecule has 5 heteroatoms. The number of fused-ring (bicyclic) bond motifs is 1. The summed E-state index contributed by atoms with van der Waals surface area (Å²) in [6.07, 6.45) is 6.68. The summed E-state index contributed by atoms with van der Waals surface area (Å²) in [4.78, 5) is 16.3. The second-order valence-electron chi connectivity index (χ2n) is 5.66. The van der Waals surface area contributed by atoms with Gasteiger partial charge in [0.15, 0.2) is 0 Å². The van der Waals surface area contributed by atoms with Gasteiger partial charge in [-0.15, -0.1) is 0 Å². The summed E-state index contributed by atoms with van der Waals surface area (Å²) in [5, 5.41) is 13.0. The average Bonchev–Trinajstić information content (AvgIpc) is 2.93. The minimum atomic E-state index is -0.442. The summed E-state index contributed by atoms with van der Waals surface area (Å²) in [5.74, 6) is 0.332. The van der Waals surface area contributed by atoms with Gasteiger partial charge in [-0.3, -0.25) is 4.79 Å². The van der Waals surface area contributed by atoms with Crippen molar-refractivity contribution in [2.24, 2.45) is 11.8 Å². The normalized spacial score (nSPS) is 19.7. The molecule has 2 N–H and O–H groups in total. The summed E-state index contributed by atoms with van der Waals surface area (Å²) in [6, 6.07) is 0. The van der Waals surface area contributed by atoms with Crippen LogP contribution in [0.25, 0.3) is 0 Å². The minimum absolute atomic E-state index is 0.00750. The van der Waals surface area contributed by atoms with E-state index in [2.05, 4.69) is 28.7 Å². The summed E-state index contributed by atoms with van der Waals surface area (Å²) in [5.41, 5.74) is 1.12. The highest BCUT2D eigenvalue weighted by atomic mass is 16.3. The molecule has 0 saturated carbocycles. The third kappa shape index (κ3) is 3.39. The van der Waals surface area contributed by atoms with E-state index in [9.17, 15) is 9.90 Å². The van der Waals surface area contributed by atoms with Crippen molar-refractivity contribution in [3.8, 4) is 0 Å². The van der Waals surface area contributed by atoms with Crippen LogP contribution in [0.1, 0.15) is 38.8 Å². The van der Waals surface area contributed by atoms with E-state index in [-0.39, 0.29) is 17.7 Å². The third-order valence-corrected chi connectivity index (χ3v) is 4.42. The largest absolute Gasteiger partial charge is 0.391 e. The highest BCUT2D eigenvalue weighted by molar-refractivity contribution is 5.79. The van der Waals surface area contributed by atoms with Gasteiger partial charge in [0.1, 0.15) is 0 Å². The Morgan fingerprint density at radius 1 is 1.55 bits per heavy atom. The van der Waals surface area contributed by atoms with Gasteiger partial charge in [0.2, 0.25) is 5.91 Å². The Hall–Kier alpha value is -1.36. The lowest BCUT2D eigenvalue weighted by Gasteiger charge is -2.25. The smallest absolute Gasteiger partial charge is 0.223 e. The molecule has 20 heavy (non-hydrogen) atoms. The van der Waals surface area contributed by atoms with Crippen molar-refractivity contribution in [3.63, 3.8) is 0 Å². The van der Waals surface area contributed by atoms with Crippen molar-refractivity contribution >= 4 is 5.91 Å². The SMILES string of the molecule is CCC(CC)C(O)CNC(=O)C1CCn2cncc2C1. The van der Waals surface area contributed by atoms with Crippen LogP contribution in [-0.4, -0.2) is 33.2 Å². The maximum Gasteiger partial charge on any atom is 0.223 e. The van der Waals surface area contributed by atoms with Gasteiger partial charge < -0.3 is 15.0 Å². The Kier molecular flexibility index (Phi) is 5.17. The number of hydrogen-bond donors (Lipinski definition) is 2. The van der Waals surface area contributed by atoms with Crippen molar-refractivity contribution in [3.05, 3.63) is 18.2 Å². The van der Waals surface area contributed by atoms with Crippen molar-refractivity contribution in [1.29, 1.82) is 0 Å². The van der Waals surface area contributed by atoms with Crippen LogP contribution in [0.15, 0.2) is 12.5 Å². The lowest BCUT2D eigenvalue weighted by molar-refractivity contribution is -0.126. The average molecular weight is 279 g/mol. The molecule has 0 aromatic carbocycles. The summed E-state index contributed by atoms with van der Waals surface area (Å²) in [7, 11) is 0. The number of aliphatic hydroxyl groups excluding tert-OH is 1. The van der Waals surface area contributed by atoms with Crippen LogP contribution >= 0.6 is 0 Å². The van der Waals surface area contributed by atoms with Crippen LogP contribution in [0.3, 0.4) is 0 Å². The number of rotatable bonds is 6. The van der Waals surface area contributed by atoms with E-state index in [1.807, 2.05) is 12.5 Å². The molecule has 2 unspecified atom stereocenters. The van der Waals surface area contributed by atoms with Crippen molar-refractivity contribution < 1.29 is 9.90 Å². The minimum Gasteiger partial charge on any atom is -0.391 e. The standard InChI is InChI=1S/C15H25N3O2/c1-3-11(4-2)14(19)9-17-15(20)12-5-6-18-10-16-8-13(18)7-12/h8,10-12,14,19H,3-7,9H2,1-2H3,(H,17,20). The summed E-state index contributed by atoms with van der Waals surface area (Å²) >= 11 is 0. The molecule has 0 saturated heterocycles. The zero-order valence-corrected chi connectivity index (χ0v) is 12.4. The van der Waals surface area contributed by atoms with Gasteiger partial charge in [-0.2, -0.15) is 0 Å². The molecule has 0 radical (unpaired) electrons. The summed E-state index contributed by atoms with van der Waals surface area (Å²) < 4.78 is 2.10. The van der Waals surface area contributed by atoms with Gasteiger partial charge in [0, 0.05) is 37.3 Å². The molecule has 0 spiro atoms. The maximum atomic E-state index is 12.2. The van der Waals surface area contributed by atoms with Crippen LogP contribution in [0, 0.1) is 11.8 Å². The second-order valence-corrected chi connectivity index (χ2v) is 5.66. The van der Waals surface area contributed by atoms with E-state index in [1.54, 1.807) is 0 Å². The van der Waals surface area contributed by atoms with Gasteiger partial charge in [-0.1, -0.05) is 26.7 Å². The Labute approximate surface area is 120 Å². The third-order valence-electron chi connectivity index (χ3n) is 4.42. The van der Waals surface area contributed by atoms with Crippen LogP contribution in [0.2, 0.25) is 0 Å². The fourth-order valence-corrected chi connectivity index (χ4v) is 2.94. The Morgan fingerprint density at radius 2 is 2.30 bits per heavy atom. The van der Waals surface area contributed by atoms with E-state index in [0.29, 0.717) is 6.54 Å². The number of aryl methyl sites for hydroxylation is 1. The molecule has 112 valence electrons. The number of hydrogen-bond acceptors (Lipinski definition) is 3. The Morgan fingerprint density at radius 3 is 3.00 bits per heavy atom. The van der Waals surface area contributed by atoms with Crippen LogP contribution in [0.5, 0.6) is 0 Å². The van der Waals surface area contributed by atoms with Gasteiger partial charge in [-0.25, -0.2) is 4.98 Å². The molecule has 1 aliphatic heterocycles. The first kappa shape index (κ1) is 15.0. The zero-order valence-electron chi connectivity index (χ0n) is 12.4. The van der Waals surface area contributed by atoms with Crippen LogP contribution < -0.4 is 5.32 Å². The number of carbonyl (C=O) groups is 1. The molecular weight excluding hydrogens is 254 g/mol. The number of imidazole rings is 1. The number of nitrogens with zero attached hydrogens (tertiary/aromatic N) is 2. The summed E-state index contributed by atoms with van der Waals surface area (Å²) in [6.45, 7) is 5.35. The van der Waals surface area contributed by atoms with E-state index in [1.165, 1.54) is 0 Å². The van der Waals surface area contributed by atoms with E-state index in [0.717, 1.165) is 37.9 Å². The van der Waals surface area contributed by atoms with E-state index in [4.69, 9.17) is 0 Å². The molecule has 1 aliphatic rings. The van der Waals surface area contributed by atoms with Gasteiger partial charge in [0.25, 0.3) is 0 Å². The van der Waals surface area contributed by atoms with E-state index >= 15 is 0 Å². The molecular formula is C15H25N3O2. The van der Waals surface area contributed by atoms with Gasteiger partial charge >= 0.3 is 0 Å². The number of carbonyl (C=O) groups excluding carboxylic acids is 1. The number of aromatic nitrogens is 2. The van der Waals surface area contributed by atoms with Crippen LogP contribution in [0.4, 0.5) is 0 Å². The lowest BCUT2D eigenvalue weighted by Crippen LogP contribution is -2.41. The fourth-order valence-electron chi connectivity index (χ4n) is 2.94. The zero-order chi connectivity index (χ0) is 14.5. The molecule has 1 amide bonds. The maximum absolute atomic E-state index is 12.2. The monoisotopic (exact) mass is 279 g/mol. The van der Waals surface area contributed by atoms with Crippen molar-refractivity contribution in [2.45, 2.75) is 52.2 Å². The number of amides is 1. The molecule has 2 atom stereocenters. The second kappa shape index (κ2) is 6.88. The Bertz CT molecular complexity index is 440. The van der Waals surface area contributed by atoms with Crippen molar-refractivity contribution in [1.82, 2.24) is 14.9 Å². The molecule has 5 nitrogen and oxygen atoms in total. The predicted molar refractivity (Wildman–Crippen MR) is 77.1 cm³/mol. The first-order valence-electron chi connectivity index (χ1n) is 7.60. The molecule has 2 rings (SSSR count). The first-order valence-corrected chi connectivity index (χ1v) is 7.60. The molecule has 0 aliphatic carbocycles. The number of nitrogens with one attached hydrogen (secondary N) is 1. The highest BCUT2D eigenvalue weighted by Crippen LogP contribution is 2.20. The predicted octanol–water partition coefficient (Wildman–Crippen LogP) is 1.36. The quantitative estimate of drug-likeness (QED) is 0.826. The van der Waals surface area contributed by atoms with Gasteiger partial charge in [0.05, 0.1) is 12.4 Å². The topological polar surface area (TPSA) is 67.2 Å². The molecule has 1 aromatic heterocycles. The first-order chi connectivity index (χ1) is 9.65. The Balaban J connectivity index is 1.81. The van der Waals surface area contributed by atoms with Gasteiger partial charge in [-0.05, 0) is 12.3 Å². The molecule has 0 bridgehead atoms. The lowest BCUT2D eigenvalue weighted by atomic mass is 9.94. The molecule has 1 aromatic rings. The van der Waals surface area contributed by atoms with Crippen molar-refractivity contribution in [2.75, 3.05) is 6.54 Å². The number of aliphatic hydroxyl groups is 1. The molecule has 2 heterocycles.